The summed E-state index contributed by atoms with van der Waals surface area (Å²) in [5.41, 5.74) is 2.86. The van der Waals surface area contributed by atoms with Gasteiger partial charge in [0.05, 0.1) is 12.0 Å². The number of hydrogen-bond donors (Lipinski definition) is 1. The number of nitrogens with zero attached hydrogens (tertiary/aromatic N) is 1. The van der Waals surface area contributed by atoms with Crippen molar-refractivity contribution in [2.24, 2.45) is 5.92 Å². The van der Waals surface area contributed by atoms with Gasteiger partial charge in [-0.2, -0.15) is 5.26 Å². The Morgan fingerprint density at radius 1 is 1.22 bits per heavy atom. The van der Waals surface area contributed by atoms with Crippen LogP contribution in [0.25, 0.3) is 0 Å². The molecule has 0 aliphatic heterocycles. The van der Waals surface area contributed by atoms with Gasteiger partial charge >= 0.3 is 0 Å². The normalized spacial score (nSPS) is 27.1. The lowest BCUT2D eigenvalue weighted by atomic mass is 10.0. The second-order valence-corrected chi connectivity index (χ2v) is 5.67. The summed E-state index contributed by atoms with van der Waals surface area (Å²) in [4.78, 5) is 0. The van der Waals surface area contributed by atoms with E-state index in [0.717, 1.165) is 25.3 Å². The first-order valence-corrected chi connectivity index (χ1v) is 7.08. The SMILES string of the molecule is N#CC1CCCC1NCc1cccc(C2CC2)c1. The van der Waals surface area contributed by atoms with E-state index in [2.05, 4.69) is 35.7 Å². The molecule has 2 fully saturated rings. The number of nitriles is 1. The zero-order chi connectivity index (χ0) is 12.4. The van der Waals surface area contributed by atoms with Crippen molar-refractivity contribution in [3.05, 3.63) is 35.4 Å². The molecule has 2 heteroatoms. The minimum absolute atomic E-state index is 0.219. The Bertz CT molecular complexity index is 456. The van der Waals surface area contributed by atoms with Crippen molar-refractivity contribution < 1.29 is 0 Å². The quantitative estimate of drug-likeness (QED) is 0.876. The zero-order valence-electron chi connectivity index (χ0n) is 10.7. The first-order valence-electron chi connectivity index (χ1n) is 7.08. The molecular formula is C16H20N2. The molecule has 2 atom stereocenters. The van der Waals surface area contributed by atoms with Crippen molar-refractivity contribution in [1.82, 2.24) is 5.32 Å². The smallest absolute Gasteiger partial charge is 0.0672 e. The monoisotopic (exact) mass is 240 g/mol. The van der Waals surface area contributed by atoms with E-state index in [0.29, 0.717) is 6.04 Å². The van der Waals surface area contributed by atoms with Crippen LogP contribution in [0.2, 0.25) is 0 Å². The fourth-order valence-corrected chi connectivity index (χ4v) is 2.98. The summed E-state index contributed by atoms with van der Waals surface area (Å²) >= 11 is 0. The summed E-state index contributed by atoms with van der Waals surface area (Å²) in [6.07, 6.45) is 6.13. The minimum atomic E-state index is 0.219. The lowest BCUT2D eigenvalue weighted by molar-refractivity contribution is 0.464. The van der Waals surface area contributed by atoms with Gasteiger partial charge in [0.2, 0.25) is 0 Å². The van der Waals surface area contributed by atoms with Gasteiger partial charge in [-0.25, -0.2) is 0 Å². The van der Waals surface area contributed by atoms with E-state index in [1.165, 1.54) is 30.4 Å². The molecule has 2 aliphatic rings. The molecule has 1 N–H and O–H groups in total. The second kappa shape index (κ2) is 5.12. The van der Waals surface area contributed by atoms with E-state index in [9.17, 15) is 0 Å². The van der Waals surface area contributed by atoms with Crippen molar-refractivity contribution >= 4 is 0 Å². The van der Waals surface area contributed by atoms with Crippen LogP contribution in [0.4, 0.5) is 0 Å². The summed E-state index contributed by atoms with van der Waals surface area (Å²) < 4.78 is 0. The Kier molecular flexibility index (Phi) is 3.34. The topological polar surface area (TPSA) is 35.8 Å². The van der Waals surface area contributed by atoms with Crippen LogP contribution >= 0.6 is 0 Å². The van der Waals surface area contributed by atoms with Gasteiger partial charge in [0.15, 0.2) is 0 Å². The predicted octanol–water partition coefficient (Wildman–Crippen LogP) is 3.35. The fourth-order valence-electron chi connectivity index (χ4n) is 2.98. The van der Waals surface area contributed by atoms with Crippen molar-refractivity contribution in [1.29, 1.82) is 5.26 Å². The van der Waals surface area contributed by atoms with Crippen LogP contribution in [0.1, 0.15) is 49.1 Å². The van der Waals surface area contributed by atoms with Gasteiger partial charge in [-0.15, -0.1) is 0 Å². The Balaban J connectivity index is 1.59. The van der Waals surface area contributed by atoms with Crippen LogP contribution in [0.3, 0.4) is 0 Å². The summed E-state index contributed by atoms with van der Waals surface area (Å²) in [5.74, 6) is 1.04. The maximum Gasteiger partial charge on any atom is 0.0672 e. The third-order valence-electron chi connectivity index (χ3n) is 4.25. The summed E-state index contributed by atoms with van der Waals surface area (Å²) in [6, 6.07) is 11.8. The highest BCUT2D eigenvalue weighted by Gasteiger charge is 2.26. The third-order valence-corrected chi connectivity index (χ3v) is 4.25. The molecule has 1 aromatic rings. The van der Waals surface area contributed by atoms with E-state index in [-0.39, 0.29) is 5.92 Å². The predicted molar refractivity (Wildman–Crippen MR) is 72.0 cm³/mol. The van der Waals surface area contributed by atoms with Crippen LogP contribution in [0, 0.1) is 17.2 Å². The van der Waals surface area contributed by atoms with Crippen LogP contribution < -0.4 is 5.32 Å². The Labute approximate surface area is 109 Å². The van der Waals surface area contributed by atoms with Gasteiger partial charge in [-0.05, 0) is 42.7 Å². The van der Waals surface area contributed by atoms with Crippen LogP contribution in [0.5, 0.6) is 0 Å². The summed E-state index contributed by atoms with van der Waals surface area (Å²) in [7, 11) is 0. The highest BCUT2D eigenvalue weighted by molar-refractivity contribution is 5.29. The molecule has 0 amide bonds. The average molecular weight is 240 g/mol. The largest absolute Gasteiger partial charge is 0.309 e. The Morgan fingerprint density at radius 2 is 2.11 bits per heavy atom. The summed E-state index contributed by atoms with van der Waals surface area (Å²) in [5, 5.41) is 12.6. The molecule has 0 bridgehead atoms. The van der Waals surface area contributed by atoms with Gasteiger partial charge < -0.3 is 5.32 Å². The number of nitrogens with one attached hydrogen (secondary N) is 1. The molecule has 0 heterocycles. The van der Waals surface area contributed by atoms with E-state index in [1.54, 1.807) is 0 Å². The molecule has 1 aromatic carbocycles. The van der Waals surface area contributed by atoms with E-state index < -0.39 is 0 Å². The number of rotatable bonds is 4. The Hall–Kier alpha value is -1.33. The number of hydrogen-bond acceptors (Lipinski definition) is 2. The molecule has 94 valence electrons. The van der Waals surface area contributed by atoms with Gasteiger partial charge in [0.25, 0.3) is 0 Å². The number of benzene rings is 1. The zero-order valence-corrected chi connectivity index (χ0v) is 10.7. The molecule has 18 heavy (non-hydrogen) atoms. The lowest BCUT2D eigenvalue weighted by Crippen LogP contribution is -2.31. The van der Waals surface area contributed by atoms with E-state index >= 15 is 0 Å². The van der Waals surface area contributed by atoms with Crippen molar-refractivity contribution in [3.8, 4) is 6.07 Å². The van der Waals surface area contributed by atoms with Crippen LogP contribution in [-0.4, -0.2) is 6.04 Å². The summed E-state index contributed by atoms with van der Waals surface area (Å²) in [6.45, 7) is 0.906. The maximum absolute atomic E-state index is 9.07. The minimum Gasteiger partial charge on any atom is -0.309 e. The van der Waals surface area contributed by atoms with Crippen molar-refractivity contribution in [2.45, 2.75) is 50.6 Å². The Morgan fingerprint density at radius 3 is 2.89 bits per heavy atom. The molecule has 2 saturated carbocycles. The molecule has 0 saturated heterocycles. The molecule has 3 rings (SSSR count). The van der Waals surface area contributed by atoms with Crippen molar-refractivity contribution in [3.63, 3.8) is 0 Å². The molecule has 0 spiro atoms. The van der Waals surface area contributed by atoms with E-state index in [4.69, 9.17) is 5.26 Å². The standard InChI is InChI=1S/C16H20N2/c17-10-15-5-2-6-16(15)18-11-12-3-1-4-14(9-12)13-7-8-13/h1,3-4,9,13,15-16,18H,2,5-8,11H2. The first kappa shape index (κ1) is 11.7. The molecule has 2 nitrogen and oxygen atoms in total. The lowest BCUT2D eigenvalue weighted by Gasteiger charge is -2.15. The van der Waals surface area contributed by atoms with Gasteiger partial charge in [-0.1, -0.05) is 30.7 Å². The van der Waals surface area contributed by atoms with Crippen LogP contribution in [-0.2, 0) is 6.54 Å². The van der Waals surface area contributed by atoms with Crippen molar-refractivity contribution in [2.75, 3.05) is 0 Å². The van der Waals surface area contributed by atoms with Gasteiger partial charge in [-0.3, -0.25) is 0 Å². The second-order valence-electron chi connectivity index (χ2n) is 5.67. The first-order chi connectivity index (χ1) is 8.86. The average Bonchev–Trinajstić information content (AvgIpc) is 3.16. The van der Waals surface area contributed by atoms with Gasteiger partial charge in [0.1, 0.15) is 0 Å². The molecule has 2 unspecified atom stereocenters. The van der Waals surface area contributed by atoms with Crippen LogP contribution in [0.15, 0.2) is 24.3 Å². The molecule has 2 aliphatic carbocycles. The molecular weight excluding hydrogens is 220 g/mol. The highest BCUT2D eigenvalue weighted by Crippen LogP contribution is 2.40. The fraction of sp³-hybridized carbons (Fsp3) is 0.562. The highest BCUT2D eigenvalue weighted by atomic mass is 14.9. The van der Waals surface area contributed by atoms with E-state index in [1.807, 2.05) is 0 Å². The third kappa shape index (κ3) is 2.57. The molecule has 0 radical (unpaired) electrons. The van der Waals surface area contributed by atoms with Gasteiger partial charge in [0, 0.05) is 12.6 Å². The maximum atomic E-state index is 9.07. The molecule has 0 aromatic heterocycles.